The first-order chi connectivity index (χ1) is 13.6. The molecule has 0 saturated heterocycles. The molecule has 0 spiro atoms. The van der Waals surface area contributed by atoms with Crippen LogP contribution in [-0.4, -0.2) is 25.5 Å². The molecule has 5 heteroatoms. The van der Waals surface area contributed by atoms with Gasteiger partial charge in [-0.05, 0) is 40.1 Å². The molecule has 0 fully saturated rings. The molecule has 0 unspecified atom stereocenters. The summed E-state index contributed by atoms with van der Waals surface area (Å²) in [5.41, 5.74) is 1.98. The Hall–Kier alpha value is -3.34. The summed E-state index contributed by atoms with van der Waals surface area (Å²) in [7, 11) is 1.65. The summed E-state index contributed by atoms with van der Waals surface area (Å²) in [6, 6.07) is 21.5. The standard InChI is InChI=1S/C23H24N2O3/c1-28-21-10-9-19-13-18(7-8-20(19)15-21)16-25-22(26)11-12-24-23(27)14-17-5-3-2-4-6-17/h2-10,13,15H,11-12,14,16H2,1H3,(H,24,27)(H,25,26). The maximum Gasteiger partial charge on any atom is 0.224 e. The van der Waals surface area contributed by atoms with Crippen molar-refractivity contribution >= 4 is 22.6 Å². The molecule has 3 aromatic carbocycles. The minimum Gasteiger partial charge on any atom is -0.497 e. The van der Waals surface area contributed by atoms with Crippen LogP contribution in [-0.2, 0) is 22.6 Å². The van der Waals surface area contributed by atoms with Crippen LogP contribution in [0.1, 0.15) is 17.5 Å². The summed E-state index contributed by atoms with van der Waals surface area (Å²) in [6.45, 7) is 0.785. The van der Waals surface area contributed by atoms with Crippen molar-refractivity contribution in [3.05, 3.63) is 77.9 Å². The van der Waals surface area contributed by atoms with Gasteiger partial charge < -0.3 is 15.4 Å². The lowest BCUT2D eigenvalue weighted by Crippen LogP contribution is -2.31. The highest BCUT2D eigenvalue weighted by Gasteiger charge is 2.06. The fourth-order valence-corrected chi connectivity index (χ4v) is 2.96. The smallest absolute Gasteiger partial charge is 0.224 e. The third-order valence-corrected chi connectivity index (χ3v) is 4.48. The average Bonchev–Trinajstić information content (AvgIpc) is 2.72. The van der Waals surface area contributed by atoms with E-state index in [2.05, 4.69) is 16.7 Å². The van der Waals surface area contributed by atoms with E-state index in [0.717, 1.165) is 27.6 Å². The Labute approximate surface area is 164 Å². The summed E-state index contributed by atoms with van der Waals surface area (Å²) in [5.74, 6) is 0.654. The lowest BCUT2D eigenvalue weighted by Gasteiger charge is -2.08. The zero-order chi connectivity index (χ0) is 19.8. The van der Waals surface area contributed by atoms with Crippen LogP contribution in [0, 0.1) is 0 Å². The van der Waals surface area contributed by atoms with Crippen molar-refractivity contribution in [2.24, 2.45) is 0 Å². The molecule has 3 rings (SSSR count). The normalized spacial score (nSPS) is 10.5. The number of methoxy groups -OCH3 is 1. The Morgan fingerprint density at radius 3 is 2.36 bits per heavy atom. The zero-order valence-corrected chi connectivity index (χ0v) is 15.9. The molecule has 0 radical (unpaired) electrons. The molecule has 0 aliphatic carbocycles. The molecular weight excluding hydrogens is 352 g/mol. The van der Waals surface area contributed by atoms with Crippen molar-refractivity contribution in [3.63, 3.8) is 0 Å². The van der Waals surface area contributed by atoms with E-state index in [0.29, 0.717) is 19.5 Å². The second kappa shape index (κ2) is 9.55. The van der Waals surface area contributed by atoms with Gasteiger partial charge in [-0.2, -0.15) is 0 Å². The fraction of sp³-hybridized carbons (Fsp3) is 0.217. The Morgan fingerprint density at radius 2 is 1.57 bits per heavy atom. The second-order valence-corrected chi connectivity index (χ2v) is 6.59. The predicted octanol–water partition coefficient (Wildman–Crippen LogP) is 3.21. The highest BCUT2D eigenvalue weighted by atomic mass is 16.5. The molecule has 0 saturated carbocycles. The molecule has 3 aromatic rings. The van der Waals surface area contributed by atoms with Crippen LogP contribution in [0.15, 0.2) is 66.7 Å². The quantitative estimate of drug-likeness (QED) is 0.634. The van der Waals surface area contributed by atoms with Crippen LogP contribution < -0.4 is 15.4 Å². The molecule has 0 heterocycles. The van der Waals surface area contributed by atoms with Gasteiger partial charge in [0.1, 0.15) is 5.75 Å². The minimum absolute atomic E-state index is 0.0797. The molecule has 0 bridgehead atoms. The van der Waals surface area contributed by atoms with E-state index < -0.39 is 0 Å². The van der Waals surface area contributed by atoms with Crippen molar-refractivity contribution in [2.75, 3.05) is 13.7 Å². The number of hydrogen-bond donors (Lipinski definition) is 2. The van der Waals surface area contributed by atoms with E-state index in [1.807, 2.05) is 60.7 Å². The average molecular weight is 376 g/mol. The van der Waals surface area contributed by atoms with Gasteiger partial charge in [-0.1, -0.05) is 48.5 Å². The molecule has 2 N–H and O–H groups in total. The topological polar surface area (TPSA) is 67.4 Å². The largest absolute Gasteiger partial charge is 0.497 e. The van der Waals surface area contributed by atoms with Gasteiger partial charge in [-0.15, -0.1) is 0 Å². The van der Waals surface area contributed by atoms with Crippen molar-refractivity contribution < 1.29 is 14.3 Å². The Kier molecular flexibility index (Phi) is 6.63. The minimum atomic E-state index is -0.0881. The second-order valence-electron chi connectivity index (χ2n) is 6.59. The van der Waals surface area contributed by atoms with E-state index in [4.69, 9.17) is 4.74 Å². The molecule has 144 valence electrons. The number of ether oxygens (including phenoxy) is 1. The fourth-order valence-electron chi connectivity index (χ4n) is 2.96. The van der Waals surface area contributed by atoms with E-state index in [9.17, 15) is 9.59 Å². The number of carbonyl (C=O) groups excluding carboxylic acids is 2. The Morgan fingerprint density at radius 1 is 0.821 bits per heavy atom. The number of benzene rings is 3. The molecule has 0 atom stereocenters. The molecule has 0 aliphatic rings. The molecule has 5 nitrogen and oxygen atoms in total. The maximum atomic E-state index is 12.0. The van der Waals surface area contributed by atoms with Gasteiger partial charge in [0.2, 0.25) is 11.8 Å². The van der Waals surface area contributed by atoms with Gasteiger partial charge in [0.25, 0.3) is 0 Å². The summed E-state index contributed by atoms with van der Waals surface area (Å²) < 4.78 is 5.23. The number of nitrogens with one attached hydrogen (secondary N) is 2. The van der Waals surface area contributed by atoms with Crippen LogP contribution in [0.4, 0.5) is 0 Å². The lowest BCUT2D eigenvalue weighted by molar-refractivity contribution is -0.122. The SMILES string of the molecule is COc1ccc2cc(CNC(=O)CCNC(=O)Cc3ccccc3)ccc2c1. The highest BCUT2D eigenvalue weighted by Crippen LogP contribution is 2.21. The first-order valence-electron chi connectivity index (χ1n) is 9.28. The lowest BCUT2D eigenvalue weighted by atomic mass is 10.1. The van der Waals surface area contributed by atoms with E-state index in [1.54, 1.807) is 7.11 Å². The highest BCUT2D eigenvalue weighted by molar-refractivity contribution is 5.85. The van der Waals surface area contributed by atoms with Crippen LogP contribution in [0.2, 0.25) is 0 Å². The van der Waals surface area contributed by atoms with Crippen LogP contribution >= 0.6 is 0 Å². The Bertz CT molecular complexity index is 954. The Balaban J connectivity index is 1.41. The van der Waals surface area contributed by atoms with Crippen LogP contribution in [0.5, 0.6) is 5.75 Å². The number of rotatable bonds is 8. The zero-order valence-electron chi connectivity index (χ0n) is 15.9. The maximum absolute atomic E-state index is 12.0. The van der Waals surface area contributed by atoms with Crippen molar-refractivity contribution in [1.29, 1.82) is 0 Å². The summed E-state index contributed by atoms with van der Waals surface area (Å²) in [5, 5.41) is 7.87. The van der Waals surface area contributed by atoms with E-state index in [1.165, 1.54) is 0 Å². The summed E-state index contributed by atoms with van der Waals surface area (Å²) >= 11 is 0. The van der Waals surface area contributed by atoms with Crippen LogP contribution in [0.25, 0.3) is 10.8 Å². The third-order valence-electron chi connectivity index (χ3n) is 4.48. The molecule has 0 aliphatic heterocycles. The number of carbonyl (C=O) groups is 2. The molecule has 28 heavy (non-hydrogen) atoms. The van der Waals surface area contributed by atoms with Crippen LogP contribution in [0.3, 0.4) is 0 Å². The van der Waals surface area contributed by atoms with E-state index >= 15 is 0 Å². The first-order valence-corrected chi connectivity index (χ1v) is 9.28. The monoisotopic (exact) mass is 376 g/mol. The van der Waals surface area contributed by atoms with Gasteiger partial charge in [0.15, 0.2) is 0 Å². The number of fused-ring (bicyclic) bond motifs is 1. The number of amides is 2. The molecular formula is C23H24N2O3. The third kappa shape index (κ3) is 5.58. The molecule has 2 amide bonds. The van der Waals surface area contributed by atoms with Gasteiger partial charge in [0, 0.05) is 19.5 Å². The van der Waals surface area contributed by atoms with Crippen molar-refractivity contribution in [1.82, 2.24) is 10.6 Å². The van der Waals surface area contributed by atoms with Gasteiger partial charge >= 0.3 is 0 Å². The van der Waals surface area contributed by atoms with Crippen molar-refractivity contribution in [2.45, 2.75) is 19.4 Å². The van der Waals surface area contributed by atoms with E-state index in [-0.39, 0.29) is 18.2 Å². The summed E-state index contributed by atoms with van der Waals surface area (Å²) in [6.07, 6.45) is 0.579. The summed E-state index contributed by atoms with van der Waals surface area (Å²) in [4.78, 5) is 23.9. The van der Waals surface area contributed by atoms with Gasteiger partial charge in [-0.25, -0.2) is 0 Å². The molecule has 0 aromatic heterocycles. The van der Waals surface area contributed by atoms with Gasteiger partial charge in [0.05, 0.1) is 13.5 Å². The number of hydrogen-bond acceptors (Lipinski definition) is 3. The first kappa shape index (κ1) is 19.4. The van der Waals surface area contributed by atoms with Gasteiger partial charge in [-0.3, -0.25) is 9.59 Å². The van der Waals surface area contributed by atoms with Crippen molar-refractivity contribution in [3.8, 4) is 5.75 Å². The predicted molar refractivity (Wildman–Crippen MR) is 110 cm³/mol.